The molecular formula is C29H32N2O8. The lowest BCUT2D eigenvalue weighted by molar-refractivity contribution is -0.121. The summed E-state index contributed by atoms with van der Waals surface area (Å²) in [5.74, 6) is -0.0808. The fourth-order valence-electron chi connectivity index (χ4n) is 6.38. The summed E-state index contributed by atoms with van der Waals surface area (Å²) >= 11 is 0. The van der Waals surface area contributed by atoms with Crippen LogP contribution in [0.4, 0.5) is 11.4 Å². The fourth-order valence-corrected chi connectivity index (χ4v) is 6.38. The van der Waals surface area contributed by atoms with Crippen LogP contribution in [-0.4, -0.2) is 62.3 Å². The van der Waals surface area contributed by atoms with Gasteiger partial charge < -0.3 is 29.1 Å². The van der Waals surface area contributed by atoms with E-state index >= 15 is 0 Å². The number of carbonyl (C=O) groups is 4. The molecule has 4 fully saturated rings. The van der Waals surface area contributed by atoms with Gasteiger partial charge >= 0.3 is 11.9 Å². The fraction of sp³-hybridized carbons (Fsp3) is 0.448. The molecule has 0 radical (unpaired) electrons. The first-order valence-electron chi connectivity index (χ1n) is 13.1. The molecule has 2 amide bonds. The molecule has 2 aromatic carbocycles. The highest BCUT2D eigenvalue weighted by molar-refractivity contribution is 6.01. The van der Waals surface area contributed by atoms with Crippen molar-refractivity contribution in [2.75, 3.05) is 31.1 Å². The number of methoxy groups -OCH3 is 3. The van der Waals surface area contributed by atoms with Gasteiger partial charge in [0.25, 0.3) is 0 Å². The smallest absolute Gasteiger partial charge is 0.341 e. The molecule has 0 unspecified atom stereocenters. The number of rotatable bonds is 6. The Kier molecular flexibility index (Phi) is 7.20. The molecule has 2 aromatic rings. The third-order valence-electron chi connectivity index (χ3n) is 8.28. The molecule has 0 spiro atoms. The molecule has 4 aliphatic rings. The first-order valence-corrected chi connectivity index (χ1v) is 13.1. The molecule has 206 valence electrons. The van der Waals surface area contributed by atoms with Crippen molar-refractivity contribution in [3.63, 3.8) is 0 Å². The summed E-state index contributed by atoms with van der Waals surface area (Å²) in [6, 6.07) is 10.6. The van der Waals surface area contributed by atoms with Crippen LogP contribution in [0.15, 0.2) is 36.4 Å². The van der Waals surface area contributed by atoms with Crippen LogP contribution >= 0.6 is 0 Å². The highest BCUT2D eigenvalue weighted by Crippen LogP contribution is 2.43. The Hall–Kier alpha value is -4.08. The van der Waals surface area contributed by atoms with Gasteiger partial charge in [-0.05, 0) is 62.8 Å². The van der Waals surface area contributed by atoms with E-state index in [1.807, 2.05) is 4.90 Å². The number of aromatic carboxylic acids is 1. The molecule has 2 aliphatic heterocycles. The lowest BCUT2D eigenvalue weighted by atomic mass is 10.1. The normalized spacial score (nSPS) is 24.5. The Morgan fingerprint density at radius 2 is 1.21 bits per heavy atom. The summed E-state index contributed by atoms with van der Waals surface area (Å²) in [6.45, 7) is 0. The number of piperidine rings is 2. The highest BCUT2D eigenvalue weighted by Gasteiger charge is 2.46. The van der Waals surface area contributed by atoms with Gasteiger partial charge in [0, 0.05) is 47.4 Å². The van der Waals surface area contributed by atoms with Crippen LogP contribution in [0.2, 0.25) is 0 Å². The van der Waals surface area contributed by atoms with E-state index in [9.17, 15) is 19.2 Å². The lowest BCUT2D eigenvalue weighted by Crippen LogP contribution is -2.36. The average molecular weight is 537 g/mol. The van der Waals surface area contributed by atoms with Gasteiger partial charge in [0.05, 0.1) is 21.3 Å². The van der Waals surface area contributed by atoms with Crippen LogP contribution in [0.1, 0.15) is 59.2 Å². The third kappa shape index (κ3) is 4.68. The summed E-state index contributed by atoms with van der Waals surface area (Å²) in [4.78, 5) is 50.7. The monoisotopic (exact) mass is 536 g/mol. The van der Waals surface area contributed by atoms with E-state index in [2.05, 4.69) is 0 Å². The predicted molar refractivity (Wildman–Crippen MR) is 142 cm³/mol. The first-order chi connectivity index (χ1) is 18.8. The average Bonchev–Trinajstić information content (AvgIpc) is 3.74. The largest absolute Gasteiger partial charge is 0.496 e. The zero-order chi connectivity index (χ0) is 27.8. The second kappa shape index (κ2) is 10.6. The topological polar surface area (TPSA) is 123 Å². The molecule has 4 atom stereocenters. The molecule has 4 bridgehead atoms. The van der Waals surface area contributed by atoms with Gasteiger partial charge in [0.2, 0.25) is 11.8 Å². The standard InChI is InChI=1S/C15H17NO4.C14H15NO4/c1-19-13-8-11(5-6-12(13)15(18)20-2)16-10-4-3-9(7-10)14(16)17;1-19-12-7-10(4-5-11(12)14(17)18)15-9-3-2-8(6-9)13(15)16/h5-6,8-10H,3-4,7H2,1-2H3;4-5,7-9H,2-3,6H2,1H3,(H,17,18)/t9-,10+;8-,9+/m11/s1. The molecule has 2 saturated heterocycles. The summed E-state index contributed by atoms with van der Waals surface area (Å²) in [5, 5.41) is 9.05. The molecule has 10 heteroatoms. The van der Waals surface area contributed by atoms with E-state index in [4.69, 9.17) is 19.3 Å². The van der Waals surface area contributed by atoms with Crippen LogP contribution in [0.5, 0.6) is 11.5 Å². The highest BCUT2D eigenvalue weighted by atomic mass is 16.5. The Morgan fingerprint density at radius 1 is 0.744 bits per heavy atom. The van der Waals surface area contributed by atoms with E-state index in [-0.39, 0.29) is 35.3 Å². The Bertz CT molecular complexity index is 1320. The van der Waals surface area contributed by atoms with Crippen molar-refractivity contribution in [3.05, 3.63) is 47.5 Å². The van der Waals surface area contributed by atoms with Crippen molar-refractivity contribution < 1.29 is 38.5 Å². The van der Waals surface area contributed by atoms with Crippen LogP contribution < -0.4 is 19.3 Å². The Labute approximate surface area is 226 Å². The lowest BCUT2D eigenvalue weighted by Gasteiger charge is -2.27. The number of esters is 1. The number of ether oxygens (including phenoxy) is 3. The van der Waals surface area contributed by atoms with Crippen LogP contribution in [0.3, 0.4) is 0 Å². The van der Waals surface area contributed by atoms with Crippen LogP contribution in [-0.2, 0) is 14.3 Å². The second-order valence-corrected chi connectivity index (χ2v) is 10.3. The summed E-state index contributed by atoms with van der Waals surface area (Å²) in [5.41, 5.74) is 2.02. The number of amides is 2. The minimum absolute atomic E-state index is 0.114. The van der Waals surface area contributed by atoms with E-state index in [1.165, 1.54) is 27.4 Å². The van der Waals surface area contributed by atoms with E-state index in [0.717, 1.165) is 49.9 Å². The maximum atomic E-state index is 12.2. The number of hydrogen-bond acceptors (Lipinski definition) is 7. The molecule has 2 heterocycles. The predicted octanol–water partition coefficient (Wildman–Crippen LogP) is 3.91. The number of carboxylic acids is 1. The number of anilines is 2. The molecular weight excluding hydrogens is 504 g/mol. The zero-order valence-corrected chi connectivity index (χ0v) is 22.2. The first kappa shape index (κ1) is 26.5. The van der Waals surface area contributed by atoms with E-state index < -0.39 is 11.9 Å². The molecule has 39 heavy (non-hydrogen) atoms. The van der Waals surface area contributed by atoms with Gasteiger partial charge in [-0.3, -0.25) is 9.59 Å². The molecule has 1 N–H and O–H groups in total. The van der Waals surface area contributed by atoms with Gasteiger partial charge in [0.15, 0.2) is 0 Å². The van der Waals surface area contributed by atoms with E-state index in [1.54, 1.807) is 35.2 Å². The number of carboxylic acid groups (broad SMARTS) is 1. The van der Waals surface area contributed by atoms with Crippen molar-refractivity contribution in [3.8, 4) is 11.5 Å². The Balaban J connectivity index is 0.000000158. The minimum atomic E-state index is -1.03. The maximum absolute atomic E-state index is 12.2. The second-order valence-electron chi connectivity index (χ2n) is 10.3. The van der Waals surface area contributed by atoms with E-state index in [0.29, 0.717) is 23.1 Å². The minimum Gasteiger partial charge on any atom is -0.496 e. The van der Waals surface area contributed by atoms with Crippen molar-refractivity contribution in [2.24, 2.45) is 11.8 Å². The maximum Gasteiger partial charge on any atom is 0.341 e. The van der Waals surface area contributed by atoms with Gasteiger partial charge in [-0.25, -0.2) is 9.59 Å². The van der Waals surface area contributed by atoms with Crippen LogP contribution in [0, 0.1) is 11.8 Å². The van der Waals surface area contributed by atoms with Crippen molar-refractivity contribution in [1.29, 1.82) is 0 Å². The van der Waals surface area contributed by atoms with Gasteiger partial charge in [-0.2, -0.15) is 0 Å². The van der Waals surface area contributed by atoms with Crippen molar-refractivity contribution in [1.82, 2.24) is 0 Å². The summed E-state index contributed by atoms with van der Waals surface area (Å²) in [6.07, 6.45) is 5.92. The molecule has 10 nitrogen and oxygen atoms in total. The zero-order valence-electron chi connectivity index (χ0n) is 22.2. The van der Waals surface area contributed by atoms with Crippen LogP contribution in [0.25, 0.3) is 0 Å². The summed E-state index contributed by atoms with van der Waals surface area (Å²) < 4.78 is 15.1. The summed E-state index contributed by atoms with van der Waals surface area (Å²) in [7, 11) is 4.27. The Morgan fingerprint density at radius 3 is 1.59 bits per heavy atom. The van der Waals surface area contributed by atoms with Gasteiger partial charge in [-0.1, -0.05) is 0 Å². The number of nitrogens with zero attached hydrogens (tertiary/aromatic N) is 2. The molecule has 6 rings (SSSR count). The molecule has 0 aromatic heterocycles. The number of carbonyl (C=O) groups excluding carboxylic acids is 3. The SMILES string of the molecule is COC(=O)c1ccc(N2C(=O)[C@@H]3CC[C@H]2C3)cc1OC.COc1cc(N2C(=O)[C@@H]3CC[C@H]2C3)ccc1C(=O)O. The molecule has 2 aliphatic carbocycles. The number of fused-ring (bicyclic) bond motifs is 4. The van der Waals surface area contributed by atoms with Gasteiger partial charge in [0.1, 0.15) is 22.6 Å². The number of benzene rings is 2. The quantitative estimate of drug-likeness (QED) is 0.552. The van der Waals surface area contributed by atoms with Gasteiger partial charge in [-0.15, -0.1) is 0 Å². The van der Waals surface area contributed by atoms with Crippen molar-refractivity contribution in [2.45, 2.75) is 50.6 Å². The van der Waals surface area contributed by atoms with Crippen molar-refractivity contribution >= 4 is 35.1 Å². The third-order valence-corrected chi connectivity index (χ3v) is 8.28. The number of hydrogen-bond donors (Lipinski definition) is 1. The molecule has 2 saturated carbocycles.